The van der Waals surface area contributed by atoms with Crippen molar-refractivity contribution in [1.82, 2.24) is 19.8 Å². The van der Waals surface area contributed by atoms with Gasteiger partial charge in [0.15, 0.2) is 0 Å². The van der Waals surface area contributed by atoms with Gasteiger partial charge in [0.2, 0.25) is 5.91 Å². The number of carbonyl (C=O) groups is 1. The molecule has 1 aromatic heterocycles. The van der Waals surface area contributed by atoms with Crippen molar-refractivity contribution in [1.29, 1.82) is 0 Å². The number of rotatable bonds is 10. The third-order valence-electron chi connectivity index (χ3n) is 5.74. The maximum atomic E-state index is 13.0. The number of hydrogen-bond donors (Lipinski definition) is 1. The van der Waals surface area contributed by atoms with Gasteiger partial charge in [0.1, 0.15) is 11.6 Å². The van der Waals surface area contributed by atoms with E-state index in [4.69, 9.17) is 9.47 Å². The largest absolute Gasteiger partial charge is 0.493 e. The highest BCUT2D eigenvalue weighted by atomic mass is 19.4. The molecule has 1 amide bonds. The quantitative estimate of drug-likeness (QED) is 0.543. The Morgan fingerprint density at radius 1 is 1.30 bits per heavy atom. The highest BCUT2D eigenvalue weighted by Gasteiger charge is 2.33. The van der Waals surface area contributed by atoms with Crippen molar-refractivity contribution < 1.29 is 27.4 Å². The minimum Gasteiger partial charge on any atom is -0.493 e. The predicted molar refractivity (Wildman–Crippen MR) is 117 cm³/mol. The average molecular weight is 469 g/mol. The number of aromatic nitrogens is 2. The lowest BCUT2D eigenvalue weighted by atomic mass is 9.89. The van der Waals surface area contributed by atoms with E-state index in [1.807, 2.05) is 17.8 Å². The van der Waals surface area contributed by atoms with Gasteiger partial charge in [0, 0.05) is 58.7 Å². The topological polar surface area (TPSA) is 68.6 Å². The van der Waals surface area contributed by atoms with Gasteiger partial charge in [0.25, 0.3) is 0 Å². The maximum absolute atomic E-state index is 13.0. The van der Waals surface area contributed by atoms with Gasteiger partial charge in [-0.05, 0) is 31.0 Å². The molecule has 1 fully saturated rings. The molecule has 3 rings (SSSR count). The Bertz CT molecular complexity index is 903. The number of carbonyl (C=O) groups excluding carboxylic acids is 1. The van der Waals surface area contributed by atoms with Gasteiger partial charge in [-0.25, -0.2) is 4.98 Å². The van der Waals surface area contributed by atoms with Crippen LogP contribution in [0.4, 0.5) is 13.2 Å². The Labute approximate surface area is 191 Å². The molecule has 1 saturated heterocycles. The molecule has 1 aliphatic heterocycles. The molecule has 2 heterocycles. The third kappa shape index (κ3) is 7.46. The molecule has 0 aliphatic carbocycles. The second kappa shape index (κ2) is 11.5. The van der Waals surface area contributed by atoms with Crippen LogP contribution in [0.3, 0.4) is 0 Å². The zero-order valence-corrected chi connectivity index (χ0v) is 19.0. The fraction of sp³-hybridized carbons (Fsp3) is 0.565. The predicted octanol–water partition coefficient (Wildman–Crippen LogP) is 3.11. The van der Waals surface area contributed by atoms with E-state index in [1.165, 1.54) is 12.1 Å². The van der Waals surface area contributed by atoms with E-state index < -0.39 is 11.7 Å². The molecule has 2 aromatic rings. The first kappa shape index (κ1) is 25.0. The molecule has 1 aliphatic rings. The van der Waals surface area contributed by atoms with Crippen molar-refractivity contribution in [3.63, 3.8) is 0 Å². The molecule has 1 N–H and O–H groups in total. The summed E-state index contributed by atoms with van der Waals surface area (Å²) in [5.74, 6) is 0.778. The number of nitrogens with zero attached hydrogens (tertiary/aromatic N) is 3. The molecule has 7 nitrogen and oxygen atoms in total. The number of nitrogens with one attached hydrogen (secondary N) is 1. The molecular formula is C23H31F3N4O3. The summed E-state index contributed by atoms with van der Waals surface area (Å²) in [6.07, 6.45) is 0.510. The molecule has 0 spiro atoms. The Hall–Kier alpha value is -2.59. The standard InChI is InChI=1S/C23H31F3N4O3/c1-29-9-8-27-21(29)15-30-13-17(11-18(14-30)22(31)28-7-4-10-32-2)16-33-20-6-3-5-19(12-20)23(24,25)26/h3,5-6,8-9,12,17-18H,4,7,10-11,13-16H2,1-2H3,(H,28,31)/t17-,18+/m0/s1. The minimum atomic E-state index is -4.42. The van der Waals surface area contributed by atoms with Crippen LogP contribution in [-0.2, 0) is 29.3 Å². The van der Waals surface area contributed by atoms with Gasteiger partial charge >= 0.3 is 6.18 Å². The fourth-order valence-corrected chi connectivity index (χ4v) is 4.04. The zero-order chi connectivity index (χ0) is 23.8. The second-order valence-corrected chi connectivity index (χ2v) is 8.42. The number of likely N-dealkylation sites (tertiary alicyclic amines) is 1. The Kier molecular flexibility index (Phi) is 8.74. The number of hydrogen-bond acceptors (Lipinski definition) is 5. The summed E-state index contributed by atoms with van der Waals surface area (Å²) in [6, 6.07) is 4.88. The molecule has 0 saturated carbocycles. The maximum Gasteiger partial charge on any atom is 0.416 e. The molecular weight excluding hydrogens is 437 g/mol. The molecule has 10 heteroatoms. The van der Waals surface area contributed by atoms with Gasteiger partial charge in [-0.3, -0.25) is 9.69 Å². The van der Waals surface area contributed by atoms with Crippen LogP contribution in [0.15, 0.2) is 36.7 Å². The molecule has 33 heavy (non-hydrogen) atoms. The highest BCUT2D eigenvalue weighted by molar-refractivity contribution is 5.79. The normalized spacial score (nSPS) is 19.4. The number of piperidine rings is 1. The van der Waals surface area contributed by atoms with Crippen molar-refractivity contribution in [3.8, 4) is 5.75 Å². The van der Waals surface area contributed by atoms with Gasteiger partial charge in [-0.2, -0.15) is 13.2 Å². The Balaban J connectivity index is 1.64. The number of benzene rings is 1. The number of aryl methyl sites for hydroxylation is 1. The summed E-state index contributed by atoms with van der Waals surface area (Å²) in [4.78, 5) is 19.3. The summed E-state index contributed by atoms with van der Waals surface area (Å²) in [5.41, 5.74) is -0.742. The lowest BCUT2D eigenvalue weighted by Gasteiger charge is -2.37. The first-order valence-electron chi connectivity index (χ1n) is 11.0. The number of halogens is 3. The van der Waals surface area contributed by atoms with E-state index in [9.17, 15) is 18.0 Å². The lowest BCUT2D eigenvalue weighted by Crippen LogP contribution is -2.47. The molecule has 0 radical (unpaired) electrons. The summed E-state index contributed by atoms with van der Waals surface area (Å²) in [5, 5.41) is 2.96. The molecule has 182 valence electrons. The monoisotopic (exact) mass is 468 g/mol. The second-order valence-electron chi connectivity index (χ2n) is 8.42. The van der Waals surface area contributed by atoms with Crippen LogP contribution >= 0.6 is 0 Å². The van der Waals surface area contributed by atoms with E-state index in [-0.39, 0.29) is 30.1 Å². The van der Waals surface area contributed by atoms with Crippen molar-refractivity contribution in [2.24, 2.45) is 18.9 Å². The van der Waals surface area contributed by atoms with Crippen LogP contribution < -0.4 is 10.1 Å². The molecule has 0 unspecified atom stereocenters. The minimum absolute atomic E-state index is 0.0108. The van der Waals surface area contributed by atoms with Crippen molar-refractivity contribution in [3.05, 3.63) is 48.0 Å². The third-order valence-corrected chi connectivity index (χ3v) is 5.74. The lowest BCUT2D eigenvalue weighted by molar-refractivity contribution is -0.137. The van der Waals surface area contributed by atoms with E-state index in [1.54, 1.807) is 13.3 Å². The van der Waals surface area contributed by atoms with E-state index >= 15 is 0 Å². The van der Waals surface area contributed by atoms with Gasteiger partial charge < -0.3 is 19.4 Å². The van der Waals surface area contributed by atoms with Crippen LogP contribution in [0.2, 0.25) is 0 Å². The van der Waals surface area contributed by atoms with Crippen molar-refractivity contribution >= 4 is 5.91 Å². The Morgan fingerprint density at radius 3 is 2.82 bits per heavy atom. The number of ether oxygens (including phenoxy) is 2. The van der Waals surface area contributed by atoms with Crippen LogP contribution in [0.1, 0.15) is 24.2 Å². The smallest absolute Gasteiger partial charge is 0.416 e. The van der Waals surface area contributed by atoms with Crippen molar-refractivity contribution in [2.45, 2.75) is 25.6 Å². The SMILES string of the molecule is COCCCNC(=O)[C@@H]1C[C@H](COc2cccc(C(F)(F)F)c2)CN(Cc2nccn2C)C1. The first-order valence-corrected chi connectivity index (χ1v) is 11.0. The Morgan fingerprint density at radius 2 is 2.12 bits per heavy atom. The number of alkyl halides is 3. The summed E-state index contributed by atoms with van der Waals surface area (Å²) >= 11 is 0. The molecule has 0 bridgehead atoms. The van der Waals surface area contributed by atoms with Crippen LogP contribution in [0.5, 0.6) is 5.75 Å². The first-order chi connectivity index (χ1) is 15.8. The van der Waals surface area contributed by atoms with Crippen LogP contribution in [0, 0.1) is 11.8 Å². The fourth-order valence-electron chi connectivity index (χ4n) is 4.04. The van der Waals surface area contributed by atoms with Crippen LogP contribution in [0.25, 0.3) is 0 Å². The number of amides is 1. The molecule has 1 aromatic carbocycles. The number of methoxy groups -OCH3 is 1. The molecule has 2 atom stereocenters. The summed E-state index contributed by atoms with van der Waals surface area (Å²) in [7, 11) is 3.54. The van der Waals surface area contributed by atoms with Crippen LogP contribution in [-0.4, -0.2) is 60.3 Å². The summed E-state index contributed by atoms with van der Waals surface area (Å²) in [6.45, 7) is 3.17. The highest BCUT2D eigenvalue weighted by Crippen LogP contribution is 2.32. The summed E-state index contributed by atoms with van der Waals surface area (Å²) < 4.78 is 51.7. The van der Waals surface area contributed by atoms with Gasteiger partial charge in [-0.1, -0.05) is 6.07 Å². The average Bonchev–Trinajstić information content (AvgIpc) is 3.19. The van der Waals surface area contributed by atoms with Crippen molar-refractivity contribution in [2.75, 3.05) is 40.0 Å². The van der Waals surface area contributed by atoms with E-state index in [2.05, 4.69) is 15.2 Å². The zero-order valence-electron chi connectivity index (χ0n) is 19.0. The van der Waals surface area contributed by atoms with E-state index in [0.29, 0.717) is 39.2 Å². The van der Waals surface area contributed by atoms with E-state index in [0.717, 1.165) is 24.4 Å². The number of imidazole rings is 1. The van der Waals surface area contributed by atoms with Gasteiger partial charge in [0.05, 0.1) is 24.6 Å². The van der Waals surface area contributed by atoms with Gasteiger partial charge in [-0.15, -0.1) is 0 Å².